The normalized spacial score (nSPS) is 14.9. The van der Waals surface area contributed by atoms with E-state index in [0.29, 0.717) is 24.8 Å². The van der Waals surface area contributed by atoms with Crippen molar-refractivity contribution >= 4 is 5.91 Å². The molecule has 2 aromatic carbocycles. The first kappa shape index (κ1) is 16.5. The van der Waals surface area contributed by atoms with Gasteiger partial charge in [0.15, 0.2) is 0 Å². The van der Waals surface area contributed by atoms with Gasteiger partial charge in [0, 0.05) is 6.54 Å². The molecule has 0 aliphatic heterocycles. The highest BCUT2D eigenvalue weighted by atomic mass is 19.1. The van der Waals surface area contributed by atoms with Gasteiger partial charge in [-0.1, -0.05) is 30.3 Å². The van der Waals surface area contributed by atoms with Crippen LogP contribution >= 0.6 is 0 Å². The molecular weight excluding hydrogens is 305 g/mol. The maximum atomic E-state index is 12.8. The summed E-state index contributed by atoms with van der Waals surface area (Å²) in [5, 5.41) is 3.02. The molecule has 0 bridgehead atoms. The molecule has 1 fully saturated rings. The molecule has 1 aliphatic rings. The summed E-state index contributed by atoms with van der Waals surface area (Å²) in [4.78, 5) is 12.5. The van der Waals surface area contributed by atoms with Crippen molar-refractivity contribution in [2.24, 2.45) is 5.92 Å². The highest BCUT2D eigenvalue weighted by Crippen LogP contribution is 2.42. The predicted octanol–water partition coefficient (Wildman–Crippen LogP) is 3.90. The van der Waals surface area contributed by atoms with Crippen LogP contribution < -0.4 is 10.1 Å². The number of carbonyl (C=O) groups excluding carboxylic acids is 1. The number of ether oxygens (including phenoxy) is 1. The molecule has 1 saturated carbocycles. The fraction of sp³-hybridized carbons (Fsp3) is 0.350. The van der Waals surface area contributed by atoms with Crippen molar-refractivity contribution in [1.82, 2.24) is 5.32 Å². The lowest BCUT2D eigenvalue weighted by atomic mass is 9.93. The van der Waals surface area contributed by atoms with Crippen LogP contribution in [0.15, 0.2) is 54.6 Å². The van der Waals surface area contributed by atoms with Crippen molar-refractivity contribution in [2.45, 2.75) is 25.2 Å². The number of hydrogen-bond acceptors (Lipinski definition) is 2. The Kier molecular flexibility index (Phi) is 5.47. The third kappa shape index (κ3) is 4.57. The van der Waals surface area contributed by atoms with Gasteiger partial charge in [0.05, 0.1) is 12.5 Å². The van der Waals surface area contributed by atoms with Gasteiger partial charge in [0.1, 0.15) is 11.6 Å². The molecule has 2 aromatic rings. The summed E-state index contributed by atoms with van der Waals surface area (Å²) in [6.45, 7) is 1.07. The van der Waals surface area contributed by atoms with E-state index in [9.17, 15) is 9.18 Å². The summed E-state index contributed by atoms with van der Waals surface area (Å²) in [6, 6.07) is 15.9. The van der Waals surface area contributed by atoms with E-state index in [1.165, 1.54) is 12.1 Å². The number of hydrogen-bond donors (Lipinski definition) is 1. The highest BCUT2D eigenvalue weighted by Gasteiger charge is 2.36. The van der Waals surface area contributed by atoms with Crippen molar-refractivity contribution in [3.63, 3.8) is 0 Å². The van der Waals surface area contributed by atoms with E-state index >= 15 is 0 Å². The average Bonchev–Trinajstić information content (AvgIpc) is 3.42. The highest BCUT2D eigenvalue weighted by molar-refractivity contribution is 5.84. The van der Waals surface area contributed by atoms with Crippen molar-refractivity contribution in [3.8, 4) is 5.75 Å². The van der Waals surface area contributed by atoms with Crippen molar-refractivity contribution in [2.75, 3.05) is 13.2 Å². The van der Waals surface area contributed by atoms with Gasteiger partial charge < -0.3 is 10.1 Å². The zero-order valence-electron chi connectivity index (χ0n) is 13.6. The topological polar surface area (TPSA) is 38.3 Å². The van der Waals surface area contributed by atoms with Crippen molar-refractivity contribution < 1.29 is 13.9 Å². The predicted molar refractivity (Wildman–Crippen MR) is 91.4 cm³/mol. The second-order valence-electron chi connectivity index (χ2n) is 6.17. The molecule has 4 heteroatoms. The van der Waals surface area contributed by atoms with Crippen molar-refractivity contribution in [1.29, 1.82) is 0 Å². The smallest absolute Gasteiger partial charge is 0.227 e. The van der Waals surface area contributed by atoms with Crippen LogP contribution in [-0.4, -0.2) is 19.1 Å². The molecule has 24 heavy (non-hydrogen) atoms. The molecule has 1 aliphatic carbocycles. The number of amides is 1. The van der Waals surface area contributed by atoms with E-state index in [1.807, 2.05) is 30.3 Å². The van der Waals surface area contributed by atoms with Crippen LogP contribution in [0.5, 0.6) is 5.75 Å². The van der Waals surface area contributed by atoms with Crippen LogP contribution in [0.3, 0.4) is 0 Å². The van der Waals surface area contributed by atoms with E-state index in [1.54, 1.807) is 12.1 Å². The van der Waals surface area contributed by atoms with Crippen LogP contribution in [-0.2, 0) is 4.79 Å². The molecule has 1 atom stereocenters. The lowest BCUT2D eigenvalue weighted by Gasteiger charge is -2.16. The zero-order valence-corrected chi connectivity index (χ0v) is 13.6. The first-order chi connectivity index (χ1) is 11.7. The quantitative estimate of drug-likeness (QED) is 0.747. The van der Waals surface area contributed by atoms with Gasteiger partial charge in [0.25, 0.3) is 0 Å². The van der Waals surface area contributed by atoms with Gasteiger partial charge in [-0.2, -0.15) is 0 Å². The molecule has 3 rings (SSSR count). The fourth-order valence-electron chi connectivity index (χ4n) is 2.84. The Morgan fingerprint density at radius 3 is 2.50 bits per heavy atom. The molecule has 3 nitrogen and oxygen atoms in total. The van der Waals surface area contributed by atoms with Crippen molar-refractivity contribution in [3.05, 3.63) is 66.0 Å². The minimum atomic E-state index is -0.276. The number of halogens is 1. The third-order valence-corrected chi connectivity index (χ3v) is 4.24. The Bertz CT molecular complexity index is 653. The molecule has 0 spiro atoms. The monoisotopic (exact) mass is 327 g/mol. The zero-order chi connectivity index (χ0) is 16.8. The van der Waals surface area contributed by atoms with Crippen LogP contribution in [0.4, 0.5) is 4.39 Å². The first-order valence-electron chi connectivity index (χ1n) is 8.45. The number of benzene rings is 2. The van der Waals surface area contributed by atoms with Gasteiger partial charge >= 0.3 is 0 Å². The standard InChI is InChI=1S/C20H22FNO2/c21-17-9-11-18(12-10-17)24-14-4-13-22-20(23)19(16-7-8-16)15-5-2-1-3-6-15/h1-3,5-6,9-12,16,19H,4,7-8,13-14H2,(H,22,23). The molecule has 0 heterocycles. The van der Waals surface area contributed by atoms with Crippen LogP contribution in [0.25, 0.3) is 0 Å². The summed E-state index contributed by atoms with van der Waals surface area (Å²) in [7, 11) is 0. The lowest BCUT2D eigenvalue weighted by Crippen LogP contribution is -2.31. The molecule has 0 saturated heterocycles. The largest absolute Gasteiger partial charge is 0.494 e. The minimum Gasteiger partial charge on any atom is -0.494 e. The summed E-state index contributed by atoms with van der Waals surface area (Å²) in [5.74, 6) is 0.905. The summed E-state index contributed by atoms with van der Waals surface area (Å²) >= 11 is 0. The van der Waals surface area contributed by atoms with Gasteiger partial charge in [-0.25, -0.2) is 4.39 Å². The Morgan fingerprint density at radius 1 is 1.12 bits per heavy atom. The second-order valence-corrected chi connectivity index (χ2v) is 6.17. The van der Waals surface area contributed by atoms with E-state index in [2.05, 4.69) is 5.32 Å². The molecule has 1 amide bonds. The SMILES string of the molecule is O=C(NCCCOc1ccc(F)cc1)C(c1ccccc1)C1CC1. The fourth-order valence-corrected chi connectivity index (χ4v) is 2.84. The molecular formula is C20H22FNO2. The Hall–Kier alpha value is -2.36. The Labute approximate surface area is 141 Å². The molecule has 1 unspecified atom stereocenters. The van der Waals surface area contributed by atoms with E-state index in [-0.39, 0.29) is 17.6 Å². The summed E-state index contributed by atoms with van der Waals surface area (Å²) in [6.07, 6.45) is 2.97. The second kappa shape index (κ2) is 7.95. The molecule has 0 aromatic heterocycles. The minimum absolute atomic E-state index is 0.0378. The lowest BCUT2D eigenvalue weighted by molar-refractivity contribution is -0.123. The van der Waals surface area contributed by atoms with Gasteiger partial charge in [-0.15, -0.1) is 0 Å². The van der Waals surface area contributed by atoms with Gasteiger partial charge in [0.2, 0.25) is 5.91 Å². The van der Waals surface area contributed by atoms with E-state index in [0.717, 1.165) is 24.8 Å². The van der Waals surface area contributed by atoms with Crippen LogP contribution in [0.1, 0.15) is 30.7 Å². The van der Waals surface area contributed by atoms with Gasteiger partial charge in [-0.3, -0.25) is 4.79 Å². The Morgan fingerprint density at radius 2 is 1.83 bits per heavy atom. The Balaban J connectivity index is 1.42. The average molecular weight is 327 g/mol. The first-order valence-corrected chi connectivity index (χ1v) is 8.45. The molecule has 0 radical (unpaired) electrons. The summed E-state index contributed by atoms with van der Waals surface area (Å²) < 4.78 is 18.3. The van der Waals surface area contributed by atoms with Crippen LogP contribution in [0, 0.1) is 11.7 Å². The van der Waals surface area contributed by atoms with Gasteiger partial charge in [-0.05, 0) is 55.0 Å². The summed E-state index contributed by atoms with van der Waals surface area (Å²) in [5.41, 5.74) is 1.10. The van der Waals surface area contributed by atoms with E-state index in [4.69, 9.17) is 4.74 Å². The van der Waals surface area contributed by atoms with E-state index < -0.39 is 0 Å². The third-order valence-electron chi connectivity index (χ3n) is 4.24. The molecule has 126 valence electrons. The maximum absolute atomic E-state index is 12.8. The molecule has 1 N–H and O–H groups in total. The number of carbonyl (C=O) groups is 1. The van der Waals surface area contributed by atoms with Crippen LogP contribution in [0.2, 0.25) is 0 Å². The number of nitrogens with one attached hydrogen (secondary N) is 1. The maximum Gasteiger partial charge on any atom is 0.227 e. The number of rotatable bonds is 8.